The molecular weight excluding hydrogens is 230 g/mol. The predicted molar refractivity (Wildman–Crippen MR) is 72.2 cm³/mol. The Labute approximate surface area is 106 Å². The Balaban J connectivity index is 1.87. The second-order valence-electron chi connectivity index (χ2n) is 4.22. The van der Waals surface area contributed by atoms with Crippen LogP contribution in [0.5, 0.6) is 0 Å². The summed E-state index contributed by atoms with van der Waals surface area (Å²) in [5.41, 5.74) is 2.41. The average Bonchev–Trinajstić information content (AvgIpc) is 2.86. The Hall–Kier alpha value is -1.13. The molecule has 0 aliphatic heterocycles. The van der Waals surface area contributed by atoms with Crippen molar-refractivity contribution in [3.05, 3.63) is 39.3 Å². The molecule has 0 atom stereocenters. The molecule has 0 aliphatic rings. The van der Waals surface area contributed by atoms with Gasteiger partial charge in [0.15, 0.2) is 0 Å². The van der Waals surface area contributed by atoms with Crippen LogP contribution >= 0.6 is 11.3 Å². The van der Waals surface area contributed by atoms with Gasteiger partial charge in [0, 0.05) is 29.9 Å². The van der Waals surface area contributed by atoms with Crippen LogP contribution < -0.4 is 5.32 Å². The second-order valence-corrected chi connectivity index (χ2v) is 5.59. The molecule has 0 fully saturated rings. The van der Waals surface area contributed by atoms with Crippen LogP contribution in [0.4, 0.5) is 0 Å². The zero-order valence-corrected chi connectivity index (χ0v) is 11.5. The first kappa shape index (κ1) is 12.3. The lowest BCUT2D eigenvalue weighted by molar-refractivity contribution is 0.626. The molecule has 3 nitrogen and oxygen atoms in total. The summed E-state index contributed by atoms with van der Waals surface area (Å²) in [5.74, 6) is 0. The SMILES string of the molecule is CCc1cc(CNCc2ccc(C)s2)n(C)n1. The van der Waals surface area contributed by atoms with Crippen LogP contribution in [0.3, 0.4) is 0 Å². The Morgan fingerprint density at radius 2 is 2.18 bits per heavy atom. The molecule has 0 radical (unpaired) electrons. The molecule has 0 amide bonds. The molecule has 2 rings (SSSR count). The zero-order valence-electron chi connectivity index (χ0n) is 10.7. The van der Waals surface area contributed by atoms with Gasteiger partial charge < -0.3 is 5.32 Å². The Morgan fingerprint density at radius 3 is 2.76 bits per heavy atom. The first-order valence-electron chi connectivity index (χ1n) is 5.97. The number of nitrogens with zero attached hydrogens (tertiary/aromatic N) is 2. The summed E-state index contributed by atoms with van der Waals surface area (Å²) in [6, 6.07) is 6.53. The molecule has 0 aromatic carbocycles. The molecule has 2 aromatic heterocycles. The van der Waals surface area contributed by atoms with Crippen LogP contribution in [0.25, 0.3) is 0 Å². The fraction of sp³-hybridized carbons (Fsp3) is 0.462. The fourth-order valence-electron chi connectivity index (χ4n) is 1.80. The van der Waals surface area contributed by atoms with Crippen molar-refractivity contribution in [3.8, 4) is 0 Å². The lowest BCUT2D eigenvalue weighted by atomic mass is 10.3. The maximum absolute atomic E-state index is 4.44. The van der Waals surface area contributed by atoms with Gasteiger partial charge in [-0.3, -0.25) is 4.68 Å². The van der Waals surface area contributed by atoms with E-state index in [1.807, 2.05) is 23.1 Å². The Kier molecular flexibility index (Phi) is 3.97. The van der Waals surface area contributed by atoms with Crippen LogP contribution in [-0.4, -0.2) is 9.78 Å². The molecule has 0 bridgehead atoms. The highest BCUT2D eigenvalue weighted by atomic mass is 32.1. The maximum Gasteiger partial charge on any atom is 0.0625 e. The summed E-state index contributed by atoms with van der Waals surface area (Å²) in [6.45, 7) is 6.09. The third-order valence-corrected chi connectivity index (χ3v) is 3.79. The standard InChI is InChI=1S/C13H19N3S/c1-4-11-7-12(16(3)15-11)8-14-9-13-6-5-10(2)17-13/h5-7,14H,4,8-9H2,1-3H3. The molecule has 92 valence electrons. The van der Waals surface area contributed by atoms with Crippen molar-refractivity contribution >= 4 is 11.3 Å². The minimum atomic E-state index is 0.875. The van der Waals surface area contributed by atoms with Gasteiger partial charge in [0.25, 0.3) is 0 Å². The van der Waals surface area contributed by atoms with Gasteiger partial charge in [-0.15, -0.1) is 11.3 Å². The van der Waals surface area contributed by atoms with E-state index in [-0.39, 0.29) is 0 Å². The van der Waals surface area contributed by atoms with Crippen molar-refractivity contribution in [2.75, 3.05) is 0 Å². The lowest BCUT2D eigenvalue weighted by Crippen LogP contribution is -2.14. The van der Waals surface area contributed by atoms with E-state index >= 15 is 0 Å². The van der Waals surface area contributed by atoms with E-state index in [4.69, 9.17) is 0 Å². The van der Waals surface area contributed by atoms with E-state index in [0.717, 1.165) is 25.2 Å². The number of rotatable bonds is 5. The summed E-state index contributed by atoms with van der Waals surface area (Å²) >= 11 is 1.85. The van der Waals surface area contributed by atoms with Gasteiger partial charge in [-0.2, -0.15) is 5.10 Å². The number of aromatic nitrogens is 2. The molecule has 2 heterocycles. The zero-order chi connectivity index (χ0) is 12.3. The van der Waals surface area contributed by atoms with Crippen molar-refractivity contribution in [1.29, 1.82) is 0 Å². The van der Waals surface area contributed by atoms with Gasteiger partial charge in [0.05, 0.1) is 11.4 Å². The fourth-order valence-corrected chi connectivity index (χ4v) is 2.66. The van der Waals surface area contributed by atoms with E-state index in [1.54, 1.807) is 0 Å². The average molecular weight is 249 g/mol. The van der Waals surface area contributed by atoms with Crippen molar-refractivity contribution in [1.82, 2.24) is 15.1 Å². The summed E-state index contributed by atoms with van der Waals surface area (Å²) in [7, 11) is 2.01. The third kappa shape index (κ3) is 3.17. The van der Waals surface area contributed by atoms with Crippen LogP contribution in [0.1, 0.15) is 28.1 Å². The third-order valence-electron chi connectivity index (χ3n) is 2.79. The van der Waals surface area contributed by atoms with Crippen molar-refractivity contribution in [2.45, 2.75) is 33.4 Å². The van der Waals surface area contributed by atoms with E-state index in [2.05, 4.69) is 42.5 Å². The number of hydrogen-bond donors (Lipinski definition) is 1. The number of nitrogens with one attached hydrogen (secondary N) is 1. The Bertz CT molecular complexity index is 485. The van der Waals surface area contributed by atoms with E-state index < -0.39 is 0 Å². The molecule has 4 heteroatoms. The normalized spacial score (nSPS) is 11.0. The lowest BCUT2D eigenvalue weighted by Gasteiger charge is -2.03. The largest absolute Gasteiger partial charge is 0.306 e. The summed E-state index contributed by atoms with van der Waals surface area (Å²) in [5, 5.41) is 7.90. The van der Waals surface area contributed by atoms with Gasteiger partial charge in [-0.1, -0.05) is 6.92 Å². The molecule has 0 unspecified atom stereocenters. The van der Waals surface area contributed by atoms with Crippen molar-refractivity contribution in [3.63, 3.8) is 0 Å². The second kappa shape index (κ2) is 5.47. The van der Waals surface area contributed by atoms with E-state index in [9.17, 15) is 0 Å². The molecule has 0 spiro atoms. The number of aryl methyl sites for hydroxylation is 3. The summed E-state index contributed by atoms with van der Waals surface area (Å²) in [4.78, 5) is 2.76. The van der Waals surface area contributed by atoms with Gasteiger partial charge >= 0.3 is 0 Å². The van der Waals surface area contributed by atoms with Crippen molar-refractivity contribution < 1.29 is 0 Å². The molecule has 0 aliphatic carbocycles. The van der Waals surface area contributed by atoms with Gasteiger partial charge in [0.1, 0.15) is 0 Å². The molecule has 0 saturated heterocycles. The highest BCUT2D eigenvalue weighted by Crippen LogP contribution is 2.14. The summed E-state index contributed by atoms with van der Waals surface area (Å²) in [6.07, 6.45) is 0.998. The van der Waals surface area contributed by atoms with Crippen LogP contribution in [0.2, 0.25) is 0 Å². The molecule has 17 heavy (non-hydrogen) atoms. The van der Waals surface area contributed by atoms with Crippen LogP contribution in [-0.2, 0) is 26.6 Å². The molecule has 0 saturated carbocycles. The van der Waals surface area contributed by atoms with Gasteiger partial charge in [-0.05, 0) is 31.5 Å². The molecule has 1 N–H and O–H groups in total. The predicted octanol–water partition coefficient (Wildman–Crippen LogP) is 2.64. The summed E-state index contributed by atoms with van der Waals surface area (Å²) < 4.78 is 1.96. The smallest absolute Gasteiger partial charge is 0.0625 e. The Morgan fingerprint density at radius 1 is 1.35 bits per heavy atom. The monoisotopic (exact) mass is 249 g/mol. The molecular formula is C13H19N3S. The van der Waals surface area contributed by atoms with Gasteiger partial charge in [0.2, 0.25) is 0 Å². The van der Waals surface area contributed by atoms with Gasteiger partial charge in [-0.25, -0.2) is 0 Å². The number of thiophene rings is 1. The minimum Gasteiger partial charge on any atom is -0.306 e. The quantitative estimate of drug-likeness (QED) is 0.883. The highest BCUT2D eigenvalue weighted by Gasteiger charge is 2.03. The highest BCUT2D eigenvalue weighted by molar-refractivity contribution is 7.11. The number of hydrogen-bond acceptors (Lipinski definition) is 3. The van der Waals surface area contributed by atoms with E-state index in [0.29, 0.717) is 0 Å². The van der Waals surface area contributed by atoms with E-state index in [1.165, 1.54) is 15.4 Å². The first-order valence-corrected chi connectivity index (χ1v) is 6.78. The topological polar surface area (TPSA) is 29.9 Å². The first-order chi connectivity index (χ1) is 8.19. The minimum absolute atomic E-state index is 0.875. The molecule has 2 aromatic rings. The maximum atomic E-state index is 4.44. The van der Waals surface area contributed by atoms with Crippen LogP contribution in [0, 0.1) is 6.92 Å². The van der Waals surface area contributed by atoms with Crippen LogP contribution in [0.15, 0.2) is 18.2 Å². The van der Waals surface area contributed by atoms with Crippen molar-refractivity contribution in [2.24, 2.45) is 7.05 Å².